The van der Waals surface area contributed by atoms with Crippen LogP contribution in [0.1, 0.15) is 21.6 Å². The summed E-state index contributed by atoms with van der Waals surface area (Å²) >= 11 is 12.0. The van der Waals surface area contributed by atoms with Crippen LogP contribution in [0.4, 0.5) is 0 Å². The molecule has 1 aliphatic rings. The van der Waals surface area contributed by atoms with Crippen LogP contribution in [0.3, 0.4) is 0 Å². The van der Waals surface area contributed by atoms with Crippen molar-refractivity contribution in [1.82, 2.24) is 10.2 Å². The first-order valence-electron chi connectivity index (χ1n) is 7.46. The van der Waals surface area contributed by atoms with Gasteiger partial charge in [-0.2, -0.15) is 5.10 Å². The lowest BCUT2D eigenvalue weighted by Crippen LogP contribution is -1.94. The Kier molecular flexibility index (Phi) is 3.75. The van der Waals surface area contributed by atoms with Crippen molar-refractivity contribution in [2.24, 2.45) is 0 Å². The quantitative estimate of drug-likeness (QED) is 0.642. The second-order valence-electron chi connectivity index (χ2n) is 5.67. The highest BCUT2D eigenvalue weighted by molar-refractivity contribution is 6.42. The maximum Gasteiger partial charge on any atom is 0.189 e. The molecule has 0 amide bonds. The van der Waals surface area contributed by atoms with Gasteiger partial charge in [-0.15, -0.1) is 0 Å². The summed E-state index contributed by atoms with van der Waals surface area (Å²) in [5, 5.41) is 8.24. The first kappa shape index (κ1) is 15.2. The standard InChI is InChI=1S/C19H12Cl2N2O/c20-16-6-5-12(9-17(16)21)18-10-14(22-23-18)8-13-7-11-3-1-2-4-15(11)19(13)24/h1-6,8-10H,7H2,(H,22,23)/b13-8+. The van der Waals surface area contributed by atoms with Gasteiger partial charge >= 0.3 is 0 Å². The number of rotatable bonds is 2. The zero-order valence-electron chi connectivity index (χ0n) is 12.5. The van der Waals surface area contributed by atoms with Crippen LogP contribution >= 0.6 is 23.2 Å². The Balaban J connectivity index is 1.64. The number of aromatic amines is 1. The van der Waals surface area contributed by atoms with Crippen LogP contribution in [0.5, 0.6) is 0 Å². The number of H-pyrrole nitrogens is 1. The van der Waals surface area contributed by atoms with Crippen LogP contribution < -0.4 is 0 Å². The number of aromatic nitrogens is 2. The molecule has 0 bridgehead atoms. The molecule has 0 saturated carbocycles. The highest BCUT2D eigenvalue weighted by Gasteiger charge is 2.24. The fraction of sp³-hybridized carbons (Fsp3) is 0.0526. The second kappa shape index (κ2) is 5.93. The number of benzene rings is 2. The lowest BCUT2D eigenvalue weighted by molar-refractivity contribution is 0.104. The largest absolute Gasteiger partial charge is 0.289 e. The molecule has 1 N–H and O–H groups in total. The van der Waals surface area contributed by atoms with Crippen molar-refractivity contribution in [3.63, 3.8) is 0 Å². The molecular formula is C19H12Cl2N2O. The zero-order chi connectivity index (χ0) is 16.7. The van der Waals surface area contributed by atoms with E-state index in [1.165, 1.54) is 0 Å². The Morgan fingerprint density at radius 3 is 2.67 bits per heavy atom. The van der Waals surface area contributed by atoms with E-state index in [1.54, 1.807) is 12.1 Å². The normalized spacial score (nSPS) is 15.1. The molecule has 0 aliphatic heterocycles. The molecule has 3 nitrogen and oxygen atoms in total. The fourth-order valence-corrected chi connectivity index (χ4v) is 3.17. The van der Waals surface area contributed by atoms with Crippen LogP contribution in [0, 0.1) is 0 Å². The first-order valence-corrected chi connectivity index (χ1v) is 8.21. The highest BCUT2D eigenvalue weighted by Crippen LogP contribution is 2.30. The summed E-state index contributed by atoms with van der Waals surface area (Å²) in [5.41, 5.74) is 5.02. The van der Waals surface area contributed by atoms with Gasteiger partial charge in [-0.25, -0.2) is 0 Å². The molecule has 3 aromatic rings. The topological polar surface area (TPSA) is 45.8 Å². The number of carbonyl (C=O) groups is 1. The van der Waals surface area contributed by atoms with Crippen LogP contribution in [-0.2, 0) is 6.42 Å². The Morgan fingerprint density at radius 2 is 1.88 bits per heavy atom. The smallest absolute Gasteiger partial charge is 0.189 e. The number of nitrogens with zero attached hydrogens (tertiary/aromatic N) is 1. The Hall–Kier alpha value is -2.36. The number of hydrogen-bond acceptors (Lipinski definition) is 2. The number of carbonyl (C=O) groups excluding carboxylic acids is 1. The predicted molar refractivity (Wildman–Crippen MR) is 96.5 cm³/mol. The molecule has 4 rings (SSSR count). The van der Waals surface area contributed by atoms with Gasteiger partial charge in [0.05, 0.1) is 21.4 Å². The molecular weight excluding hydrogens is 343 g/mol. The zero-order valence-corrected chi connectivity index (χ0v) is 14.0. The van der Waals surface area contributed by atoms with E-state index in [0.717, 1.165) is 33.7 Å². The monoisotopic (exact) mass is 354 g/mol. The van der Waals surface area contributed by atoms with Crippen LogP contribution in [0.2, 0.25) is 10.0 Å². The number of halogens is 2. The van der Waals surface area contributed by atoms with Gasteiger partial charge in [0.2, 0.25) is 0 Å². The van der Waals surface area contributed by atoms with E-state index in [-0.39, 0.29) is 5.78 Å². The summed E-state index contributed by atoms with van der Waals surface area (Å²) in [6.45, 7) is 0. The van der Waals surface area contributed by atoms with Crippen molar-refractivity contribution >= 4 is 35.1 Å². The summed E-state index contributed by atoms with van der Waals surface area (Å²) in [5.74, 6) is 0.0799. The Morgan fingerprint density at radius 1 is 1.04 bits per heavy atom. The molecule has 0 saturated heterocycles. The Bertz CT molecular complexity index is 989. The van der Waals surface area contributed by atoms with Gasteiger partial charge in [0.15, 0.2) is 5.78 Å². The minimum Gasteiger partial charge on any atom is -0.289 e. The highest BCUT2D eigenvalue weighted by atomic mass is 35.5. The summed E-state index contributed by atoms with van der Waals surface area (Å²) in [7, 11) is 0. The van der Waals surface area contributed by atoms with E-state index in [9.17, 15) is 4.79 Å². The molecule has 1 aromatic heterocycles. The number of nitrogens with one attached hydrogen (secondary N) is 1. The minimum atomic E-state index is 0.0799. The molecule has 5 heteroatoms. The summed E-state index contributed by atoms with van der Waals surface area (Å²) < 4.78 is 0. The fourth-order valence-electron chi connectivity index (χ4n) is 2.87. The molecule has 0 unspecified atom stereocenters. The summed E-state index contributed by atoms with van der Waals surface area (Å²) in [6, 6.07) is 15.0. The van der Waals surface area contributed by atoms with Gasteiger partial charge in [0.1, 0.15) is 0 Å². The van der Waals surface area contributed by atoms with Gasteiger partial charge in [0.25, 0.3) is 0 Å². The van der Waals surface area contributed by atoms with E-state index in [4.69, 9.17) is 23.2 Å². The molecule has 118 valence electrons. The average Bonchev–Trinajstić information content (AvgIpc) is 3.16. The van der Waals surface area contributed by atoms with Crippen LogP contribution in [0.25, 0.3) is 17.3 Å². The van der Waals surface area contributed by atoms with E-state index in [0.29, 0.717) is 16.5 Å². The van der Waals surface area contributed by atoms with Gasteiger partial charge in [-0.05, 0) is 29.8 Å². The molecule has 2 aromatic carbocycles. The van der Waals surface area contributed by atoms with Crippen molar-refractivity contribution in [3.8, 4) is 11.3 Å². The van der Waals surface area contributed by atoms with E-state index >= 15 is 0 Å². The molecule has 0 atom stereocenters. The number of fused-ring (bicyclic) bond motifs is 1. The third kappa shape index (κ3) is 2.66. The van der Waals surface area contributed by atoms with Crippen molar-refractivity contribution in [2.75, 3.05) is 0 Å². The maximum absolute atomic E-state index is 12.4. The van der Waals surface area contributed by atoms with Gasteiger partial charge in [0, 0.05) is 23.1 Å². The summed E-state index contributed by atoms with van der Waals surface area (Å²) in [4.78, 5) is 12.4. The number of allylic oxidation sites excluding steroid dienone is 1. The lowest BCUT2D eigenvalue weighted by atomic mass is 10.1. The number of ketones is 1. The lowest BCUT2D eigenvalue weighted by Gasteiger charge is -1.98. The van der Waals surface area contributed by atoms with Gasteiger partial charge in [-0.1, -0.05) is 53.5 Å². The molecule has 0 fully saturated rings. The maximum atomic E-state index is 12.4. The van der Waals surface area contributed by atoms with Crippen molar-refractivity contribution < 1.29 is 4.79 Å². The third-order valence-electron chi connectivity index (χ3n) is 4.08. The van der Waals surface area contributed by atoms with Crippen molar-refractivity contribution in [1.29, 1.82) is 0 Å². The van der Waals surface area contributed by atoms with Crippen LogP contribution in [0.15, 0.2) is 54.1 Å². The molecule has 1 heterocycles. The van der Waals surface area contributed by atoms with E-state index in [1.807, 2.05) is 42.5 Å². The van der Waals surface area contributed by atoms with Crippen molar-refractivity contribution in [2.45, 2.75) is 6.42 Å². The Labute approximate surface area is 148 Å². The van der Waals surface area contributed by atoms with Gasteiger partial charge < -0.3 is 0 Å². The molecule has 1 aliphatic carbocycles. The van der Waals surface area contributed by atoms with Crippen LogP contribution in [-0.4, -0.2) is 16.0 Å². The number of hydrogen-bond donors (Lipinski definition) is 1. The second-order valence-corrected chi connectivity index (χ2v) is 6.48. The SMILES string of the molecule is O=C1/C(=C/c2cc(-c3ccc(Cl)c(Cl)c3)n[nH]2)Cc2ccccc21. The molecule has 0 spiro atoms. The number of Topliss-reactive ketones (excluding diaryl/α,β-unsaturated/α-hetero) is 1. The predicted octanol–water partition coefficient (Wildman–Crippen LogP) is 5.21. The van der Waals surface area contributed by atoms with E-state index in [2.05, 4.69) is 10.2 Å². The minimum absolute atomic E-state index is 0.0799. The molecule has 0 radical (unpaired) electrons. The average molecular weight is 355 g/mol. The van der Waals surface area contributed by atoms with Gasteiger partial charge in [-0.3, -0.25) is 9.89 Å². The van der Waals surface area contributed by atoms with Crippen molar-refractivity contribution in [3.05, 3.63) is 81.0 Å². The molecule has 24 heavy (non-hydrogen) atoms. The summed E-state index contributed by atoms with van der Waals surface area (Å²) in [6.07, 6.45) is 2.51. The van der Waals surface area contributed by atoms with E-state index < -0.39 is 0 Å². The third-order valence-corrected chi connectivity index (χ3v) is 4.82. The first-order chi connectivity index (χ1) is 11.6.